The third-order valence-corrected chi connectivity index (χ3v) is 10.7. The number of likely N-dealkylation sites (N-methyl/N-ethyl adjacent to an activating group) is 1. The van der Waals surface area contributed by atoms with Crippen molar-refractivity contribution in [2.75, 3.05) is 57.9 Å². The lowest BCUT2D eigenvalue weighted by Crippen LogP contribution is -2.62. The van der Waals surface area contributed by atoms with Crippen LogP contribution >= 0.6 is 21.6 Å². The van der Waals surface area contributed by atoms with Gasteiger partial charge in [-0.25, -0.2) is 9.59 Å². The second-order valence-corrected chi connectivity index (χ2v) is 16.1. The maximum absolute atomic E-state index is 13.7. The van der Waals surface area contributed by atoms with E-state index < -0.39 is 172 Å². The van der Waals surface area contributed by atoms with Gasteiger partial charge in [0.15, 0.2) is 0 Å². The van der Waals surface area contributed by atoms with Gasteiger partial charge in [-0.1, -0.05) is 21.6 Å². The van der Waals surface area contributed by atoms with Gasteiger partial charge in [-0.15, -0.1) is 0 Å². The summed E-state index contributed by atoms with van der Waals surface area (Å²) in [6.07, 6.45) is -3.35. The van der Waals surface area contributed by atoms with Gasteiger partial charge in [-0.05, 0) is 19.9 Å². The Morgan fingerprint density at radius 3 is 1.46 bits per heavy atom. The molecule has 0 unspecified atom stereocenters. The molecule has 19 N–H and O–H groups in total. The number of imide groups is 1. The highest BCUT2D eigenvalue weighted by Gasteiger charge is 2.35. The molecule has 0 heterocycles. The van der Waals surface area contributed by atoms with E-state index in [0.717, 1.165) is 21.6 Å². The van der Waals surface area contributed by atoms with Crippen molar-refractivity contribution in [2.24, 2.45) is 22.9 Å². The molecule has 0 spiro atoms. The molecule has 368 valence electrons. The van der Waals surface area contributed by atoms with Crippen molar-refractivity contribution in [3.63, 3.8) is 0 Å². The SMILES string of the molecule is CNC[C@H](N)C(=O)N[C@@H](CCC(=O)O)C(=O)N[C@@H](CN)C(=O)N(CCC(=O)O)C(=O)N[C@@H](CN)C(=O)N[C@@H](CCC(=O)O)C(=O)N[C@@H](CN)C(=O)N[C@H](CSSCCOC(C)=O)C(=O)O. The van der Waals surface area contributed by atoms with Crippen LogP contribution < -0.4 is 60.2 Å². The summed E-state index contributed by atoms with van der Waals surface area (Å²) < 4.78 is 4.78. The summed E-state index contributed by atoms with van der Waals surface area (Å²) in [5.41, 5.74) is 22.9. The molecule has 0 rings (SSSR count). The van der Waals surface area contributed by atoms with E-state index in [0.29, 0.717) is 5.75 Å². The fourth-order valence-electron chi connectivity index (χ4n) is 4.94. The van der Waals surface area contributed by atoms with Gasteiger partial charge in [0, 0.05) is 64.0 Å². The predicted octanol–water partition coefficient (Wildman–Crippen LogP) is -7.03. The summed E-state index contributed by atoms with van der Waals surface area (Å²) in [6.45, 7) is -1.76. The Kier molecular flexibility index (Phi) is 29.0. The fraction of sp³-hybridized carbons (Fsp3) is 0.647. The smallest absolute Gasteiger partial charge is 0.327 e. The van der Waals surface area contributed by atoms with Gasteiger partial charge in [0.25, 0.3) is 5.91 Å². The molecule has 8 amide bonds. The molecule has 0 aromatic rings. The lowest BCUT2D eigenvalue weighted by Gasteiger charge is -2.29. The van der Waals surface area contributed by atoms with E-state index in [1.165, 1.54) is 14.0 Å². The number of hydrogen-bond donors (Lipinski definition) is 15. The number of carboxylic acid groups (broad SMARTS) is 4. The monoisotopic (exact) mass is 970 g/mol. The molecular formula is C34H58N12O17S2. The molecule has 29 nitrogen and oxygen atoms in total. The number of ether oxygens (including phenoxy) is 1. The van der Waals surface area contributed by atoms with Crippen LogP contribution in [0.25, 0.3) is 0 Å². The quantitative estimate of drug-likeness (QED) is 0.0165. The summed E-state index contributed by atoms with van der Waals surface area (Å²) >= 11 is 0. The first-order valence-corrected chi connectivity index (χ1v) is 21.9. The standard InChI is InChI=1S/C34H58N12O17S2/c1-16(47)63-9-10-64-65-15-23(33(60)61)44-30(57)20(11-35)42-28(55)19(4-6-25(50)51)41-31(58)21(12-36)45-34(62)46(8-7-26(52)53)32(59)22(13-37)43-29(56)18(3-5-24(48)49)40-27(54)17(38)14-39-2/h17-23,39H,3-15,35-38H2,1-2H3,(H,40,54)(H,41,58)(H,42,55)(H,43,56)(H,44,57)(H,45,62)(H,48,49)(H,50,51)(H,52,53)(H,60,61)/t17-,18-,19-,20-,21-,22-,23+/m0/s1. The number of amides is 8. The largest absolute Gasteiger partial charge is 0.481 e. The maximum atomic E-state index is 13.7. The molecule has 65 heavy (non-hydrogen) atoms. The second-order valence-electron chi connectivity index (χ2n) is 13.5. The fourth-order valence-corrected chi connectivity index (χ4v) is 6.92. The summed E-state index contributed by atoms with van der Waals surface area (Å²) in [7, 11) is 3.66. The van der Waals surface area contributed by atoms with Crippen molar-refractivity contribution in [1.29, 1.82) is 0 Å². The Morgan fingerprint density at radius 1 is 0.585 bits per heavy atom. The number of carbonyl (C=O) groups excluding carboxylic acids is 8. The Bertz CT molecular complexity index is 1700. The summed E-state index contributed by atoms with van der Waals surface area (Å²) in [6, 6.07) is -12.8. The zero-order valence-electron chi connectivity index (χ0n) is 35.4. The van der Waals surface area contributed by atoms with Gasteiger partial charge in [0.1, 0.15) is 42.9 Å². The minimum atomic E-state index is -1.83. The number of carboxylic acids is 4. The molecule has 0 aliphatic heterocycles. The van der Waals surface area contributed by atoms with E-state index in [1.54, 1.807) is 0 Å². The number of urea groups is 1. The van der Waals surface area contributed by atoms with Crippen molar-refractivity contribution >= 4 is 92.9 Å². The summed E-state index contributed by atoms with van der Waals surface area (Å²) in [5, 5.41) is 53.1. The molecule has 0 aromatic heterocycles. The number of rotatable bonds is 33. The first-order valence-electron chi connectivity index (χ1n) is 19.4. The Balaban J connectivity index is 6.21. The topological polar surface area (TPSA) is 487 Å². The van der Waals surface area contributed by atoms with E-state index >= 15 is 0 Å². The zero-order chi connectivity index (χ0) is 49.8. The van der Waals surface area contributed by atoms with Crippen LogP contribution in [0, 0.1) is 0 Å². The molecule has 0 saturated heterocycles. The van der Waals surface area contributed by atoms with Crippen molar-refractivity contribution < 1.29 is 82.7 Å². The molecule has 0 aromatic carbocycles. The van der Waals surface area contributed by atoms with Crippen molar-refractivity contribution in [3.8, 4) is 0 Å². The second kappa shape index (κ2) is 31.9. The third-order valence-electron chi connectivity index (χ3n) is 8.35. The Morgan fingerprint density at radius 2 is 1.02 bits per heavy atom. The molecule has 31 heteroatoms. The number of nitrogens with two attached hydrogens (primary N) is 4. The van der Waals surface area contributed by atoms with Crippen LogP contribution in [0.4, 0.5) is 4.79 Å². The Labute approximate surface area is 379 Å². The van der Waals surface area contributed by atoms with Gasteiger partial charge in [-0.3, -0.25) is 52.8 Å². The molecule has 0 aliphatic rings. The minimum Gasteiger partial charge on any atom is -0.481 e. The van der Waals surface area contributed by atoms with Crippen molar-refractivity contribution in [1.82, 2.24) is 42.1 Å². The summed E-state index contributed by atoms with van der Waals surface area (Å²) in [4.78, 5) is 150. The number of esters is 1. The highest BCUT2D eigenvalue weighted by atomic mass is 33.1. The molecule has 0 fully saturated rings. The first-order chi connectivity index (χ1) is 30.5. The number of aliphatic carboxylic acids is 4. The summed E-state index contributed by atoms with van der Waals surface area (Å²) in [5.74, 6) is -13.0. The van der Waals surface area contributed by atoms with Gasteiger partial charge >= 0.3 is 35.9 Å². The van der Waals surface area contributed by atoms with Crippen LogP contribution in [0.3, 0.4) is 0 Å². The predicted molar refractivity (Wildman–Crippen MR) is 228 cm³/mol. The lowest BCUT2D eigenvalue weighted by atomic mass is 10.1. The maximum Gasteiger partial charge on any atom is 0.327 e. The number of carbonyl (C=O) groups is 12. The van der Waals surface area contributed by atoms with Crippen LogP contribution in [-0.2, 0) is 57.5 Å². The highest BCUT2D eigenvalue weighted by Crippen LogP contribution is 2.22. The molecule has 0 aliphatic carbocycles. The van der Waals surface area contributed by atoms with Crippen LogP contribution in [0.1, 0.15) is 39.0 Å². The zero-order valence-corrected chi connectivity index (χ0v) is 37.0. The molecule has 7 atom stereocenters. The molecule has 0 saturated carbocycles. The van der Waals surface area contributed by atoms with Crippen molar-refractivity contribution in [2.45, 2.75) is 81.3 Å². The third kappa shape index (κ3) is 24.1. The number of nitrogens with zero attached hydrogens (tertiary/aromatic N) is 1. The minimum absolute atomic E-state index is 0.0396. The van der Waals surface area contributed by atoms with Crippen LogP contribution in [0.15, 0.2) is 0 Å². The highest BCUT2D eigenvalue weighted by molar-refractivity contribution is 8.76. The van der Waals surface area contributed by atoms with E-state index in [2.05, 4.69) is 37.2 Å². The normalized spacial score (nSPS) is 14.0. The molecular weight excluding hydrogens is 913 g/mol. The van der Waals surface area contributed by atoms with Gasteiger partial charge in [-0.2, -0.15) is 0 Å². The van der Waals surface area contributed by atoms with E-state index in [1.807, 2.05) is 0 Å². The van der Waals surface area contributed by atoms with E-state index in [-0.39, 0.29) is 23.8 Å². The van der Waals surface area contributed by atoms with Crippen LogP contribution in [0.2, 0.25) is 0 Å². The lowest BCUT2D eigenvalue weighted by molar-refractivity contribution is -0.141. The van der Waals surface area contributed by atoms with Crippen molar-refractivity contribution in [3.05, 3.63) is 0 Å². The van der Waals surface area contributed by atoms with Crippen LogP contribution in [0.5, 0.6) is 0 Å². The van der Waals surface area contributed by atoms with Crippen LogP contribution in [-0.4, -0.2) is 197 Å². The average Bonchev–Trinajstić information content (AvgIpc) is 3.23. The first kappa shape index (κ1) is 59.1. The van der Waals surface area contributed by atoms with E-state index in [4.69, 9.17) is 32.8 Å². The molecule has 0 bridgehead atoms. The van der Waals surface area contributed by atoms with Gasteiger partial charge in [0.05, 0.1) is 12.5 Å². The Hall–Kier alpha value is -5.86. The van der Waals surface area contributed by atoms with Gasteiger partial charge < -0.3 is 85.3 Å². The number of nitrogens with one attached hydrogen (secondary N) is 7. The number of hydrogen-bond acceptors (Lipinski definition) is 20. The van der Waals surface area contributed by atoms with Gasteiger partial charge in [0.2, 0.25) is 29.5 Å². The van der Waals surface area contributed by atoms with E-state index in [9.17, 15) is 72.9 Å². The average molecular weight is 971 g/mol. The molecule has 0 radical (unpaired) electrons.